The molecule has 0 nitrogen and oxygen atoms in total. The van der Waals surface area contributed by atoms with E-state index in [4.69, 9.17) is 11.6 Å². The smallest absolute Gasteiger partial charge is 0.0453 e. The van der Waals surface area contributed by atoms with Crippen molar-refractivity contribution in [1.82, 2.24) is 0 Å². The second-order valence-corrected chi connectivity index (χ2v) is 5.06. The Balaban J connectivity index is 2.40. The Bertz CT molecular complexity index is 127. The first-order valence-corrected chi connectivity index (χ1v) is 4.52. The van der Waals surface area contributed by atoms with Crippen LogP contribution in [0.25, 0.3) is 0 Å². The molecule has 1 saturated carbocycles. The largest absolute Gasteiger partial charge is 0.119 e. The molecule has 10 heavy (non-hydrogen) atoms. The van der Waals surface area contributed by atoms with Gasteiger partial charge < -0.3 is 0 Å². The minimum Gasteiger partial charge on any atom is -0.119 e. The van der Waals surface area contributed by atoms with Crippen molar-refractivity contribution in [3.8, 4) is 0 Å². The van der Waals surface area contributed by atoms with Gasteiger partial charge in [0.05, 0.1) is 0 Å². The Labute approximate surface area is 69.0 Å². The Hall–Kier alpha value is 0.290. The summed E-state index contributed by atoms with van der Waals surface area (Å²) in [5.74, 6) is 2.35. The summed E-state index contributed by atoms with van der Waals surface area (Å²) >= 11 is 6.15. The molecule has 1 rings (SSSR count). The predicted octanol–water partition coefficient (Wildman–Crippen LogP) is 3.30. The fourth-order valence-electron chi connectivity index (χ4n) is 1.57. The maximum Gasteiger partial charge on any atom is 0.0453 e. The van der Waals surface area contributed by atoms with E-state index in [-0.39, 0.29) is 4.87 Å². The van der Waals surface area contributed by atoms with Crippen LogP contribution < -0.4 is 0 Å². The Morgan fingerprint density at radius 3 is 1.90 bits per heavy atom. The molecule has 1 aliphatic rings. The molecule has 0 spiro atoms. The minimum atomic E-state index is 0.143. The summed E-state index contributed by atoms with van der Waals surface area (Å²) in [7, 11) is 0. The van der Waals surface area contributed by atoms with Crippen molar-refractivity contribution in [2.75, 3.05) is 0 Å². The first-order chi connectivity index (χ1) is 4.45. The lowest BCUT2D eigenvalue weighted by atomic mass is 9.92. The molecule has 0 amide bonds. The van der Waals surface area contributed by atoms with Crippen molar-refractivity contribution in [3.05, 3.63) is 0 Å². The standard InChI is InChI=1S/C9H17Cl/c1-6(2)7(3)8-5-9(8,4)10/h6-8H,5H2,1-4H3/t7-,8+,9?/m0/s1. The van der Waals surface area contributed by atoms with Crippen LogP contribution in [-0.4, -0.2) is 4.87 Å². The fraction of sp³-hybridized carbons (Fsp3) is 1.00. The molecular formula is C9H17Cl. The lowest BCUT2D eigenvalue weighted by Gasteiger charge is -2.15. The highest BCUT2D eigenvalue weighted by Gasteiger charge is 2.51. The maximum atomic E-state index is 6.15. The van der Waals surface area contributed by atoms with Gasteiger partial charge in [0.15, 0.2) is 0 Å². The van der Waals surface area contributed by atoms with Crippen LogP contribution in [0.3, 0.4) is 0 Å². The first-order valence-electron chi connectivity index (χ1n) is 4.14. The fourth-order valence-corrected chi connectivity index (χ4v) is 1.93. The highest BCUT2D eigenvalue weighted by atomic mass is 35.5. The number of alkyl halides is 1. The van der Waals surface area contributed by atoms with E-state index >= 15 is 0 Å². The van der Waals surface area contributed by atoms with Crippen molar-refractivity contribution in [3.63, 3.8) is 0 Å². The number of hydrogen-bond acceptors (Lipinski definition) is 0. The van der Waals surface area contributed by atoms with Crippen LogP contribution >= 0.6 is 11.6 Å². The summed E-state index contributed by atoms with van der Waals surface area (Å²) in [5, 5.41) is 0. The molecule has 0 bridgehead atoms. The zero-order valence-electron chi connectivity index (χ0n) is 7.32. The monoisotopic (exact) mass is 160 g/mol. The van der Waals surface area contributed by atoms with Gasteiger partial charge in [-0.2, -0.15) is 0 Å². The van der Waals surface area contributed by atoms with Gasteiger partial charge in [0, 0.05) is 4.87 Å². The third kappa shape index (κ3) is 1.47. The Kier molecular flexibility index (Phi) is 2.02. The first kappa shape index (κ1) is 8.39. The predicted molar refractivity (Wildman–Crippen MR) is 46.4 cm³/mol. The van der Waals surface area contributed by atoms with Gasteiger partial charge in [0.1, 0.15) is 0 Å². The van der Waals surface area contributed by atoms with Crippen LogP contribution in [0.5, 0.6) is 0 Å². The molecule has 0 heterocycles. The van der Waals surface area contributed by atoms with Gasteiger partial charge in [-0.3, -0.25) is 0 Å². The zero-order chi connectivity index (χ0) is 7.94. The van der Waals surface area contributed by atoms with E-state index in [0.717, 1.165) is 17.8 Å². The molecule has 1 heteroatoms. The number of halogens is 1. The molecule has 0 aromatic carbocycles. The lowest BCUT2D eigenvalue weighted by molar-refractivity contribution is 0.363. The summed E-state index contributed by atoms with van der Waals surface area (Å²) in [6, 6.07) is 0. The third-order valence-electron chi connectivity index (χ3n) is 2.92. The molecule has 0 aliphatic heterocycles. The van der Waals surface area contributed by atoms with Gasteiger partial charge in [0.25, 0.3) is 0 Å². The SMILES string of the molecule is CC(C)[C@H](C)[C@H]1CC1(C)Cl. The van der Waals surface area contributed by atoms with E-state index in [1.54, 1.807) is 0 Å². The van der Waals surface area contributed by atoms with E-state index in [1.807, 2.05) is 0 Å². The molecule has 1 fully saturated rings. The van der Waals surface area contributed by atoms with Crippen LogP contribution in [0, 0.1) is 17.8 Å². The van der Waals surface area contributed by atoms with Crippen LogP contribution in [-0.2, 0) is 0 Å². The summed E-state index contributed by atoms with van der Waals surface area (Å²) < 4.78 is 0. The van der Waals surface area contributed by atoms with E-state index in [2.05, 4.69) is 27.7 Å². The maximum absolute atomic E-state index is 6.15. The van der Waals surface area contributed by atoms with Crippen molar-refractivity contribution in [2.24, 2.45) is 17.8 Å². The molecule has 0 aromatic heterocycles. The lowest BCUT2D eigenvalue weighted by Crippen LogP contribution is -2.11. The van der Waals surface area contributed by atoms with Crippen LogP contribution in [0.4, 0.5) is 0 Å². The van der Waals surface area contributed by atoms with Crippen LogP contribution in [0.1, 0.15) is 34.1 Å². The highest BCUT2D eigenvalue weighted by Crippen LogP contribution is 2.54. The van der Waals surface area contributed by atoms with Crippen molar-refractivity contribution >= 4 is 11.6 Å². The van der Waals surface area contributed by atoms with E-state index < -0.39 is 0 Å². The molecule has 60 valence electrons. The minimum absolute atomic E-state index is 0.143. The van der Waals surface area contributed by atoms with Gasteiger partial charge in [-0.1, -0.05) is 20.8 Å². The normalized spacial score (nSPS) is 42.0. The van der Waals surface area contributed by atoms with E-state index in [9.17, 15) is 0 Å². The summed E-state index contributed by atoms with van der Waals surface area (Å²) in [5.41, 5.74) is 0. The van der Waals surface area contributed by atoms with E-state index in [0.29, 0.717) is 0 Å². The number of hydrogen-bond donors (Lipinski definition) is 0. The second kappa shape index (κ2) is 2.41. The van der Waals surface area contributed by atoms with Gasteiger partial charge in [0.2, 0.25) is 0 Å². The molecule has 0 aromatic rings. The summed E-state index contributed by atoms with van der Waals surface area (Å²) in [6.45, 7) is 9.01. The molecule has 3 atom stereocenters. The van der Waals surface area contributed by atoms with Crippen molar-refractivity contribution < 1.29 is 0 Å². The molecule has 1 aliphatic carbocycles. The summed E-state index contributed by atoms with van der Waals surface area (Å²) in [4.78, 5) is 0.143. The molecular weight excluding hydrogens is 144 g/mol. The van der Waals surface area contributed by atoms with Gasteiger partial charge in [-0.15, -0.1) is 11.6 Å². The van der Waals surface area contributed by atoms with Gasteiger partial charge in [-0.05, 0) is 31.1 Å². The Morgan fingerprint density at radius 2 is 1.80 bits per heavy atom. The van der Waals surface area contributed by atoms with Gasteiger partial charge in [-0.25, -0.2) is 0 Å². The average molecular weight is 161 g/mol. The molecule has 0 saturated heterocycles. The quantitative estimate of drug-likeness (QED) is 0.544. The molecule has 1 unspecified atom stereocenters. The zero-order valence-corrected chi connectivity index (χ0v) is 8.07. The van der Waals surface area contributed by atoms with Gasteiger partial charge >= 0.3 is 0 Å². The summed E-state index contributed by atoms with van der Waals surface area (Å²) in [6.07, 6.45) is 1.22. The van der Waals surface area contributed by atoms with Crippen LogP contribution in [0.15, 0.2) is 0 Å². The number of rotatable bonds is 2. The van der Waals surface area contributed by atoms with Crippen molar-refractivity contribution in [1.29, 1.82) is 0 Å². The molecule has 0 radical (unpaired) electrons. The highest BCUT2D eigenvalue weighted by molar-refractivity contribution is 6.25. The Morgan fingerprint density at radius 1 is 1.40 bits per heavy atom. The van der Waals surface area contributed by atoms with E-state index in [1.165, 1.54) is 6.42 Å². The average Bonchev–Trinajstić information content (AvgIpc) is 2.38. The van der Waals surface area contributed by atoms with Crippen LogP contribution in [0.2, 0.25) is 0 Å². The third-order valence-corrected chi connectivity index (χ3v) is 3.35. The molecule has 0 N–H and O–H groups in total. The second-order valence-electron chi connectivity index (χ2n) is 4.19. The topological polar surface area (TPSA) is 0 Å². The van der Waals surface area contributed by atoms with Crippen molar-refractivity contribution in [2.45, 2.75) is 39.0 Å².